The summed E-state index contributed by atoms with van der Waals surface area (Å²) in [5, 5.41) is 26.9. The van der Waals surface area contributed by atoms with Gasteiger partial charge in [-0.05, 0) is 105 Å². The number of rotatable bonds is 20. The number of anilines is 3. The molecule has 4 aromatic rings. The normalized spacial score (nSPS) is 21.4. The van der Waals surface area contributed by atoms with Gasteiger partial charge in [0.1, 0.15) is 16.5 Å². The molecule has 0 bridgehead atoms. The van der Waals surface area contributed by atoms with E-state index in [1.165, 1.54) is 36.0 Å². The average molecular weight is 987 g/mol. The number of piperidine rings is 1. The van der Waals surface area contributed by atoms with Crippen LogP contribution in [0.3, 0.4) is 0 Å². The Hall–Kier alpha value is -6.18. The van der Waals surface area contributed by atoms with Crippen molar-refractivity contribution in [2.24, 2.45) is 35.4 Å². The van der Waals surface area contributed by atoms with Crippen LogP contribution < -0.4 is 41.2 Å². The van der Waals surface area contributed by atoms with Crippen molar-refractivity contribution in [1.82, 2.24) is 30.5 Å². The lowest BCUT2D eigenvalue weighted by Crippen LogP contribution is -2.42. The van der Waals surface area contributed by atoms with E-state index in [9.17, 15) is 24.3 Å². The Bertz CT molecular complexity index is 2640. The molecule has 3 aliphatic carbocycles. The Morgan fingerprint density at radius 2 is 1.70 bits per heavy atom. The number of halogens is 1. The summed E-state index contributed by atoms with van der Waals surface area (Å²) in [5.74, 6) is 2.46. The van der Waals surface area contributed by atoms with Crippen molar-refractivity contribution >= 4 is 63.4 Å². The number of hydrogen-bond donors (Lipinski definition) is 5. The molecular formula is C50H64ClN9O10. The van der Waals surface area contributed by atoms with Crippen LogP contribution in [-0.2, 0) is 42.2 Å². The molecule has 1 aliphatic heterocycles. The molecule has 2 aromatic heterocycles. The minimum Gasteiger partial charge on any atom is -0.508 e. The SMILES string of the molecule is CNC(=O)COc1cc2cc(Nc3nc(N4CCC(C(=O)NCCOCCOCCNC(=O)CO/N=C5\CCC6C7CCc8cc(O)ccc8C7CCC56C)CC4)ncc3Cl)cc(OC)c2n(C)c1=O. The lowest BCUT2D eigenvalue weighted by molar-refractivity contribution is -0.126. The number of aromatic nitrogens is 3. The smallest absolute Gasteiger partial charge is 0.293 e. The molecule has 20 heteroatoms. The molecule has 70 heavy (non-hydrogen) atoms. The Morgan fingerprint density at radius 3 is 2.46 bits per heavy atom. The second kappa shape index (κ2) is 22.7. The van der Waals surface area contributed by atoms with E-state index >= 15 is 0 Å². The van der Waals surface area contributed by atoms with Crippen LogP contribution in [0.2, 0.25) is 5.02 Å². The van der Waals surface area contributed by atoms with E-state index in [1.54, 1.807) is 25.2 Å². The van der Waals surface area contributed by atoms with Gasteiger partial charge in [-0.25, -0.2) is 4.98 Å². The lowest BCUT2D eigenvalue weighted by Gasteiger charge is -2.49. The maximum absolute atomic E-state index is 13.0. The van der Waals surface area contributed by atoms with E-state index in [0.717, 1.165) is 44.2 Å². The number of benzene rings is 2. The predicted octanol–water partition coefficient (Wildman–Crippen LogP) is 4.98. The van der Waals surface area contributed by atoms with Crippen LogP contribution in [0.1, 0.15) is 68.9 Å². The van der Waals surface area contributed by atoms with E-state index in [-0.39, 0.29) is 53.0 Å². The summed E-state index contributed by atoms with van der Waals surface area (Å²) >= 11 is 6.55. The van der Waals surface area contributed by atoms with Crippen LogP contribution in [0, 0.1) is 23.2 Å². The van der Waals surface area contributed by atoms with Crippen molar-refractivity contribution in [3.63, 3.8) is 0 Å². The molecule has 3 amide bonds. The fourth-order valence-corrected chi connectivity index (χ4v) is 11.0. The fourth-order valence-electron chi connectivity index (χ4n) is 10.9. The van der Waals surface area contributed by atoms with Gasteiger partial charge in [-0.3, -0.25) is 19.2 Å². The van der Waals surface area contributed by atoms with Gasteiger partial charge in [-0.1, -0.05) is 29.7 Å². The molecule has 376 valence electrons. The molecule has 4 unspecified atom stereocenters. The number of phenolic OH excluding ortho intramolecular Hbond substituents is 1. The van der Waals surface area contributed by atoms with Gasteiger partial charge in [-0.15, -0.1) is 0 Å². The van der Waals surface area contributed by atoms with Crippen LogP contribution >= 0.6 is 11.6 Å². The van der Waals surface area contributed by atoms with Gasteiger partial charge in [0.15, 0.2) is 24.8 Å². The van der Waals surface area contributed by atoms with Gasteiger partial charge < -0.3 is 59.6 Å². The van der Waals surface area contributed by atoms with Crippen molar-refractivity contribution in [2.75, 3.05) is 90.2 Å². The summed E-state index contributed by atoms with van der Waals surface area (Å²) in [5.41, 5.74) is 4.45. The molecule has 0 radical (unpaired) electrons. The van der Waals surface area contributed by atoms with Gasteiger partial charge in [0.2, 0.25) is 11.9 Å². The van der Waals surface area contributed by atoms with Crippen molar-refractivity contribution in [1.29, 1.82) is 0 Å². The average Bonchev–Trinajstić information content (AvgIpc) is 3.70. The second-order valence-electron chi connectivity index (χ2n) is 18.7. The highest BCUT2D eigenvalue weighted by Gasteiger charge is 2.54. The van der Waals surface area contributed by atoms with Gasteiger partial charge in [0.05, 0.1) is 51.0 Å². The molecular weight excluding hydrogens is 922 g/mol. The number of methoxy groups -OCH3 is 1. The summed E-state index contributed by atoms with van der Waals surface area (Å²) in [7, 11) is 4.59. The maximum atomic E-state index is 13.0. The highest BCUT2D eigenvalue weighted by molar-refractivity contribution is 6.33. The number of oxime groups is 1. The van der Waals surface area contributed by atoms with Crippen molar-refractivity contribution in [3.05, 3.63) is 69.1 Å². The number of nitrogens with one attached hydrogen (secondary N) is 4. The summed E-state index contributed by atoms with van der Waals surface area (Å²) < 4.78 is 23.8. The second-order valence-corrected chi connectivity index (χ2v) is 19.1. The molecule has 1 saturated heterocycles. The number of pyridine rings is 1. The molecule has 2 saturated carbocycles. The number of aromatic hydroxyl groups is 1. The topological polar surface area (TPSA) is 229 Å². The largest absolute Gasteiger partial charge is 0.508 e. The first kappa shape index (κ1) is 50.2. The molecule has 4 atom stereocenters. The Labute approximate surface area is 412 Å². The zero-order valence-electron chi connectivity index (χ0n) is 40.3. The number of fused-ring (bicyclic) bond motifs is 6. The van der Waals surface area contributed by atoms with E-state index < -0.39 is 5.56 Å². The van der Waals surface area contributed by atoms with Gasteiger partial charge in [0, 0.05) is 68.7 Å². The lowest BCUT2D eigenvalue weighted by atomic mass is 9.55. The minimum absolute atomic E-state index is 0.0119. The van der Waals surface area contributed by atoms with Crippen LogP contribution in [-0.4, -0.2) is 123 Å². The third-order valence-electron chi connectivity index (χ3n) is 14.5. The summed E-state index contributed by atoms with van der Waals surface area (Å²) in [6.07, 6.45) is 8.99. The zero-order chi connectivity index (χ0) is 49.4. The van der Waals surface area contributed by atoms with Crippen LogP contribution in [0.5, 0.6) is 17.2 Å². The van der Waals surface area contributed by atoms with Crippen molar-refractivity contribution in [2.45, 2.75) is 64.2 Å². The third-order valence-corrected chi connectivity index (χ3v) is 14.8. The minimum atomic E-state index is -0.418. The fraction of sp³-hybridized carbons (Fsp3) is 0.540. The standard InChI is InChI=1S/C50H64ClN9O10/c1-50-14-11-36-35-8-6-34(61)24-31(35)5-7-37(36)38(50)9-10-42(50)58-70-29-44(63)53-15-19-67-21-22-68-20-16-54-47(64)30-12-17-60(18-13-30)49-55-27-39(51)46(57-49)56-33-23-32-25-41(69-28-43(62)52-2)48(65)59(3)45(32)40(26-33)66-4/h6,8,23-27,30,36-38,61H,5,7,9-22,28-29H2,1-4H3,(H,52,62)(H,53,63)(H,54,64)(H,55,56,57)/b58-42+. The first-order valence-corrected chi connectivity index (χ1v) is 24.5. The summed E-state index contributed by atoms with van der Waals surface area (Å²) in [4.78, 5) is 67.0. The van der Waals surface area contributed by atoms with Crippen molar-refractivity contribution < 1.29 is 43.3 Å². The molecule has 2 aromatic carbocycles. The zero-order valence-corrected chi connectivity index (χ0v) is 41.1. The van der Waals surface area contributed by atoms with Gasteiger partial charge in [0.25, 0.3) is 17.4 Å². The van der Waals surface area contributed by atoms with Gasteiger partial charge >= 0.3 is 0 Å². The number of ether oxygens (including phenoxy) is 4. The first-order chi connectivity index (χ1) is 33.9. The molecule has 5 N–H and O–H groups in total. The number of aryl methyl sites for hydroxylation is 2. The Kier molecular flexibility index (Phi) is 16.3. The van der Waals surface area contributed by atoms with Gasteiger partial charge in [-0.2, -0.15) is 4.98 Å². The highest BCUT2D eigenvalue weighted by atomic mass is 35.5. The number of amides is 3. The van der Waals surface area contributed by atoms with Crippen LogP contribution in [0.15, 0.2) is 52.5 Å². The third kappa shape index (κ3) is 11.4. The molecule has 4 aliphatic rings. The van der Waals surface area contributed by atoms with E-state index in [2.05, 4.69) is 44.4 Å². The first-order valence-electron chi connectivity index (χ1n) is 24.2. The quantitative estimate of drug-likeness (QED) is 0.0582. The molecule has 3 fully saturated rings. The monoisotopic (exact) mass is 985 g/mol. The molecule has 0 spiro atoms. The van der Waals surface area contributed by atoms with Crippen LogP contribution in [0.25, 0.3) is 10.9 Å². The molecule has 3 heterocycles. The number of likely N-dealkylation sites (N-methyl/N-ethyl adjacent to an activating group) is 1. The molecule has 19 nitrogen and oxygen atoms in total. The maximum Gasteiger partial charge on any atom is 0.293 e. The van der Waals surface area contributed by atoms with E-state index in [0.29, 0.717) is 123 Å². The summed E-state index contributed by atoms with van der Waals surface area (Å²) in [6.45, 7) is 5.08. The number of hydrogen-bond acceptors (Lipinski definition) is 15. The van der Waals surface area contributed by atoms with E-state index in [4.69, 9.17) is 40.4 Å². The number of carbonyl (C=O) groups excluding carboxylic acids is 3. The Morgan fingerprint density at radius 1 is 0.929 bits per heavy atom. The van der Waals surface area contributed by atoms with Crippen molar-refractivity contribution in [3.8, 4) is 17.2 Å². The highest BCUT2D eigenvalue weighted by Crippen LogP contribution is 2.60. The van der Waals surface area contributed by atoms with Crippen LogP contribution in [0.4, 0.5) is 17.5 Å². The number of phenols is 1. The Balaban J connectivity index is 0.690. The number of nitrogens with zero attached hydrogens (tertiary/aromatic N) is 5. The summed E-state index contributed by atoms with van der Waals surface area (Å²) in [6, 6.07) is 11.0. The molecule has 8 rings (SSSR count). The number of carbonyl (C=O) groups is 3. The van der Waals surface area contributed by atoms with E-state index in [1.807, 2.05) is 17.0 Å². The predicted molar refractivity (Wildman–Crippen MR) is 264 cm³/mol.